The van der Waals surface area contributed by atoms with Crippen molar-refractivity contribution in [2.24, 2.45) is 0 Å². The Hall–Kier alpha value is -7.78. The third-order valence-electron chi connectivity index (χ3n) is 12.9. The molecule has 1 heterocycles. The molecule has 0 radical (unpaired) electrons. The highest BCUT2D eigenvalue weighted by molar-refractivity contribution is 7.25. The number of para-hydroxylation sites is 1. The Morgan fingerprint density at radius 2 is 0.714 bits per heavy atom. The predicted octanol–water partition coefficient (Wildman–Crippen LogP) is 16.9. The van der Waals surface area contributed by atoms with Crippen molar-refractivity contribution in [3.8, 4) is 44.5 Å². The van der Waals surface area contributed by atoms with Gasteiger partial charge in [0.25, 0.3) is 0 Å². The maximum atomic E-state index is 2.51. The van der Waals surface area contributed by atoms with Gasteiger partial charge in [-0.15, -0.1) is 11.3 Å². The standard InChI is InChI=1S/C61H41NS/c1-5-17-42(18-6-1)45-29-32-51(33-30-45)62(50-23-11-4-12-24-50)52-34-36-60-56(41-52)55-40-48(31-35-59(55)63-60)61(57-27-15-13-25-53(57)54-26-14-16-28-58(54)61)49-38-46(43-19-7-2-8-20-43)37-47(39-49)44-21-9-3-10-22-44/h1-41H. The van der Waals surface area contributed by atoms with Crippen LogP contribution in [0.2, 0.25) is 0 Å². The summed E-state index contributed by atoms with van der Waals surface area (Å²) in [6.07, 6.45) is 0. The van der Waals surface area contributed by atoms with Crippen LogP contribution in [0.25, 0.3) is 64.7 Å². The summed E-state index contributed by atoms with van der Waals surface area (Å²) in [5.74, 6) is 0. The van der Waals surface area contributed by atoms with E-state index in [0.717, 1.165) is 17.1 Å². The number of nitrogens with zero attached hydrogens (tertiary/aromatic N) is 1. The Bertz CT molecular complexity index is 3320. The van der Waals surface area contributed by atoms with Gasteiger partial charge in [0.1, 0.15) is 0 Å². The highest BCUT2D eigenvalue weighted by atomic mass is 32.1. The topological polar surface area (TPSA) is 3.24 Å². The smallest absolute Gasteiger partial charge is 0.0714 e. The van der Waals surface area contributed by atoms with E-state index in [1.54, 1.807) is 0 Å². The lowest BCUT2D eigenvalue weighted by molar-refractivity contribution is 0.771. The Morgan fingerprint density at radius 3 is 1.29 bits per heavy atom. The average molecular weight is 820 g/mol. The van der Waals surface area contributed by atoms with Crippen LogP contribution in [-0.2, 0) is 5.41 Å². The second-order valence-electron chi connectivity index (χ2n) is 16.4. The molecule has 0 N–H and O–H groups in total. The third-order valence-corrected chi connectivity index (χ3v) is 14.1. The molecule has 0 fully saturated rings. The van der Waals surface area contributed by atoms with E-state index in [1.165, 1.54) is 86.9 Å². The molecule has 0 saturated carbocycles. The highest BCUT2D eigenvalue weighted by Gasteiger charge is 2.46. The lowest BCUT2D eigenvalue weighted by Crippen LogP contribution is -2.28. The molecular weight excluding hydrogens is 779 g/mol. The van der Waals surface area contributed by atoms with Crippen LogP contribution < -0.4 is 4.90 Å². The van der Waals surface area contributed by atoms with Crippen LogP contribution in [0.3, 0.4) is 0 Å². The average Bonchev–Trinajstić information content (AvgIpc) is 3.88. The normalized spacial score (nSPS) is 12.6. The third kappa shape index (κ3) is 6.22. The number of hydrogen-bond donors (Lipinski definition) is 0. The van der Waals surface area contributed by atoms with Gasteiger partial charge in [0.2, 0.25) is 0 Å². The first-order valence-electron chi connectivity index (χ1n) is 21.7. The van der Waals surface area contributed by atoms with Crippen LogP contribution in [-0.4, -0.2) is 0 Å². The zero-order chi connectivity index (χ0) is 41.7. The monoisotopic (exact) mass is 819 g/mol. The molecule has 0 unspecified atom stereocenters. The maximum Gasteiger partial charge on any atom is 0.0714 e. The molecule has 0 bridgehead atoms. The molecule has 2 heteroatoms. The second-order valence-corrected chi connectivity index (χ2v) is 17.5. The Labute approximate surface area is 372 Å². The molecular formula is C61H41NS. The van der Waals surface area contributed by atoms with Crippen LogP contribution >= 0.6 is 11.3 Å². The van der Waals surface area contributed by atoms with Gasteiger partial charge in [0.05, 0.1) is 5.41 Å². The highest BCUT2D eigenvalue weighted by Crippen LogP contribution is 2.57. The molecule has 296 valence electrons. The first-order chi connectivity index (χ1) is 31.2. The first kappa shape index (κ1) is 37.0. The van der Waals surface area contributed by atoms with E-state index in [0.29, 0.717) is 0 Å². The zero-order valence-electron chi connectivity index (χ0n) is 34.5. The summed E-state index contributed by atoms with van der Waals surface area (Å²) < 4.78 is 2.55. The maximum absolute atomic E-state index is 2.51. The van der Waals surface area contributed by atoms with Crippen LogP contribution in [0.4, 0.5) is 17.1 Å². The molecule has 1 aromatic heterocycles. The molecule has 1 aliphatic rings. The fourth-order valence-electron chi connectivity index (χ4n) is 10.1. The quantitative estimate of drug-likeness (QED) is 0.148. The lowest BCUT2D eigenvalue weighted by atomic mass is 9.66. The van der Waals surface area contributed by atoms with E-state index in [4.69, 9.17) is 0 Å². The Balaban J connectivity index is 1.09. The van der Waals surface area contributed by atoms with Gasteiger partial charge < -0.3 is 4.90 Å². The first-order valence-corrected chi connectivity index (χ1v) is 22.5. The predicted molar refractivity (Wildman–Crippen MR) is 268 cm³/mol. The van der Waals surface area contributed by atoms with Crippen molar-refractivity contribution in [1.29, 1.82) is 0 Å². The summed E-state index contributed by atoms with van der Waals surface area (Å²) in [7, 11) is 0. The summed E-state index contributed by atoms with van der Waals surface area (Å²) in [6, 6.07) is 91.7. The number of rotatable bonds is 8. The van der Waals surface area contributed by atoms with E-state index < -0.39 is 5.41 Å². The number of thiophene rings is 1. The Morgan fingerprint density at radius 1 is 0.286 bits per heavy atom. The van der Waals surface area contributed by atoms with Gasteiger partial charge in [-0.25, -0.2) is 0 Å². The van der Waals surface area contributed by atoms with Crippen LogP contribution in [0.1, 0.15) is 22.3 Å². The SMILES string of the molecule is c1ccc(-c2ccc(N(c3ccccc3)c3ccc4sc5ccc(C6(c7cc(-c8ccccc8)cc(-c8ccccc8)c7)c7ccccc7-c7ccccc76)cc5c4c3)cc2)cc1. The largest absolute Gasteiger partial charge is 0.310 e. The molecule has 0 spiro atoms. The van der Waals surface area contributed by atoms with E-state index >= 15 is 0 Å². The minimum absolute atomic E-state index is 0.585. The minimum atomic E-state index is -0.585. The van der Waals surface area contributed by atoms with Gasteiger partial charge in [-0.1, -0.05) is 176 Å². The molecule has 10 aromatic carbocycles. The van der Waals surface area contributed by atoms with Crippen LogP contribution in [0.5, 0.6) is 0 Å². The van der Waals surface area contributed by atoms with E-state index in [-0.39, 0.29) is 0 Å². The van der Waals surface area contributed by atoms with Gasteiger partial charge >= 0.3 is 0 Å². The molecule has 0 aliphatic heterocycles. The molecule has 0 saturated heterocycles. The van der Waals surface area contributed by atoms with Crippen molar-refractivity contribution in [3.63, 3.8) is 0 Å². The minimum Gasteiger partial charge on any atom is -0.310 e. The number of benzene rings is 10. The molecule has 1 aliphatic carbocycles. The summed E-state index contributed by atoms with van der Waals surface area (Å²) in [5, 5.41) is 2.53. The molecule has 1 nitrogen and oxygen atoms in total. The number of hydrogen-bond acceptors (Lipinski definition) is 2. The van der Waals surface area contributed by atoms with Crippen molar-refractivity contribution < 1.29 is 0 Å². The zero-order valence-corrected chi connectivity index (χ0v) is 35.3. The second kappa shape index (κ2) is 15.3. The molecule has 0 atom stereocenters. The molecule has 12 rings (SSSR count). The molecule has 0 amide bonds. The van der Waals surface area contributed by atoms with Crippen molar-refractivity contribution in [2.75, 3.05) is 4.90 Å². The van der Waals surface area contributed by atoms with Crippen molar-refractivity contribution in [3.05, 3.63) is 271 Å². The van der Waals surface area contributed by atoms with Crippen LogP contribution in [0, 0.1) is 0 Å². The fraction of sp³-hybridized carbons (Fsp3) is 0.0164. The summed E-state index contributed by atoms with van der Waals surface area (Å²) in [5.41, 5.74) is 17.7. The van der Waals surface area contributed by atoms with Crippen LogP contribution in [0.15, 0.2) is 249 Å². The molecule has 63 heavy (non-hydrogen) atoms. The summed E-state index contributed by atoms with van der Waals surface area (Å²) in [4.78, 5) is 2.38. The van der Waals surface area contributed by atoms with E-state index in [2.05, 4.69) is 254 Å². The lowest BCUT2D eigenvalue weighted by Gasteiger charge is -2.35. The van der Waals surface area contributed by atoms with Gasteiger partial charge in [0.15, 0.2) is 0 Å². The summed E-state index contributed by atoms with van der Waals surface area (Å²) in [6.45, 7) is 0. The van der Waals surface area contributed by atoms with Gasteiger partial charge in [-0.2, -0.15) is 0 Å². The van der Waals surface area contributed by atoms with Crippen molar-refractivity contribution in [1.82, 2.24) is 0 Å². The Kier molecular flexibility index (Phi) is 8.98. The fourth-order valence-corrected chi connectivity index (χ4v) is 11.1. The van der Waals surface area contributed by atoms with Gasteiger partial charge in [-0.05, 0) is 140 Å². The van der Waals surface area contributed by atoms with E-state index in [1.807, 2.05) is 11.3 Å². The van der Waals surface area contributed by atoms with Crippen molar-refractivity contribution >= 4 is 48.6 Å². The van der Waals surface area contributed by atoms with Crippen molar-refractivity contribution in [2.45, 2.75) is 5.41 Å². The van der Waals surface area contributed by atoms with Gasteiger partial charge in [0, 0.05) is 37.2 Å². The van der Waals surface area contributed by atoms with Gasteiger partial charge in [-0.3, -0.25) is 0 Å². The number of anilines is 3. The summed E-state index contributed by atoms with van der Waals surface area (Å²) >= 11 is 1.87. The van der Waals surface area contributed by atoms with E-state index in [9.17, 15) is 0 Å². The molecule has 11 aromatic rings. The number of fused-ring (bicyclic) bond motifs is 6.